The van der Waals surface area contributed by atoms with Crippen LogP contribution in [0.4, 0.5) is 5.69 Å². The number of alkyl halides is 3. The van der Waals surface area contributed by atoms with Gasteiger partial charge in [0.2, 0.25) is 3.79 Å². The van der Waals surface area contributed by atoms with Gasteiger partial charge < -0.3 is 16.0 Å². The van der Waals surface area contributed by atoms with Crippen molar-refractivity contribution in [3.8, 4) is 0 Å². The van der Waals surface area contributed by atoms with Crippen LogP contribution in [-0.2, 0) is 0 Å². The fraction of sp³-hybridized carbons (Fsp3) is 0.176. The Morgan fingerprint density at radius 2 is 1.71 bits per heavy atom. The second kappa shape index (κ2) is 9.90. The quantitative estimate of drug-likeness (QED) is 0.190. The first-order valence-corrected chi connectivity index (χ1v) is 10.3. The van der Waals surface area contributed by atoms with E-state index >= 15 is 0 Å². The third-order valence-electron chi connectivity index (χ3n) is 3.51. The summed E-state index contributed by atoms with van der Waals surface area (Å²) < 4.78 is -1.90. The molecule has 0 fully saturated rings. The molecule has 4 nitrogen and oxygen atoms in total. The van der Waals surface area contributed by atoms with Gasteiger partial charge in [0.15, 0.2) is 5.11 Å². The summed E-state index contributed by atoms with van der Waals surface area (Å²) in [5.74, 6) is -0.437. The van der Waals surface area contributed by atoms with Crippen LogP contribution in [0.5, 0.6) is 0 Å². The lowest BCUT2D eigenvalue weighted by Gasteiger charge is -2.28. The number of anilines is 1. The van der Waals surface area contributed by atoms with E-state index in [0.717, 1.165) is 5.56 Å². The number of amides is 1. The number of thiocarbonyl (C=S) groups is 1. The SMILES string of the molecule is Cc1ccccc1C(=O)NC(NC(=S)Nc1cc(Cl)cc(Cl)c1Cl)C(Cl)(Cl)Cl. The third kappa shape index (κ3) is 6.42. The Bertz CT molecular complexity index is 903. The van der Waals surface area contributed by atoms with E-state index in [0.29, 0.717) is 16.3 Å². The highest BCUT2D eigenvalue weighted by atomic mass is 35.6. The monoisotopic (exact) mass is 517 g/mol. The van der Waals surface area contributed by atoms with E-state index in [1.807, 2.05) is 6.07 Å². The fourth-order valence-electron chi connectivity index (χ4n) is 2.17. The third-order valence-corrected chi connectivity index (χ3v) is 5.40. The number of benzene rings is 2. The smallest absolute Gasteiger partial charge is 0.253 e. The van der Waals surface area contributed by atoms with Crippen molar-refractivity contribution in [2.75, 3.05) is 5.32 Å². The van der Waals surface area contributed by atoms with E-state index in [2.05, 4.69) is 16.0 Å². The molecule has 0 spiro atoms. The van der Waals surface area contributed by atoms with Gasteiger partial charge in [0.25, 0.3) is 5.91 Å². The normalized spacial score (nSPS) is 12.2. The summed E-state index contributed by atoms with van der Waals surface area (Å²) in [4.78, 5) is 12.6. The number of nitrogens with one attached hydrogen (secondary N) is 3. The molecule has 1 unspecified atom stereocenters. The van der Waals surface area contributed by atoms with Gasteiger partial charge >= 0.3 is 0 Å². The van der Waals surface area contributed by atoms with Gasteiger partial charge in [0.1, 0.15) is 6.17 Å². The minimum atomic E-state index is -1.90. The van der Waals surface area contributed by atoms with E-state index in [4.69, 9.17) is 81.8 Å². The van der Waals surface area contributed by atoms with Crippen molar-refractivity contribution in [1.29, 1.82) is 0 Å². The fourth-order valence-corrected chi connectivity index (χ4v) is 3.38. The molecular weight excluding hydrogens is 507 g/mol. The number of hydrogen-bond donors (Lipinski definition) is 3. The summed E-state index contributed by atoms with van der Waals surface area (Å²) in [5.41, 5.74) is 1.56. The molecule has 0 saturated carbocycles. The van der Waals surface area contributed by atoms with Gasteiger partial charge in [0, 0.05) is 10.6 Å². The molecule has 0 aromatic heterocycles. The predicted molar refractivity (Wildman–Crippen MR) is 124 cm³/mol. The first kappa shape index (κ1) is 23.6. The molecule has 28 heavy (non-hydrogen) atoms. The highest BCUT2D eigenvalue weighted by Crippen LogP contribution is 2.34. The number of hydrogen-bond acceptors (Lipinski definition) is 2. The Kier molecular flexibility index (Phi) is 8.35. The molecule has 0 saturated heterocycles. The maximum atomic E-state index is 12.6. The van der Waals surface area contributed by atoms with Gasteiger partial charge in [-0.3, -0.25) is 4.79 Å². The van der Waals surface area contributed by atoms with Gasteiger partial charge in [-0.15, -0.1) is 0 Å². The molecule has 0 aliphatic carbocycles. The van der Waals surface area contributed by atoms with Gasteiger partial charge in [-0.25, -0.2) is 0 Å². The second-order valence-electron chi connectivity index (χ2n) is 5.61. The Hall–Kier alpha value is -0.660. The number of carbonyl (C=O) groups excluding carboxylic acids is 1. The van der Waals surface area contributed by atoms with Gasteiger partial charge in [-0.1, -0.05) is 87.8 Å². The van der Waals surface area contributed by atoms with Gasteiger partial charge in [-0.2, -0.15) is 0 Å². The zero-order chi connectivity index (χ0) is 21.1. The summed E-state index contributed by atoms with van der Waals surface area (Å²) in [6, 6.07) is 10.0. The highest BCUT2D eigenvalue weighted by Gasteiger charge is 2.35. The van der Waals surface area contributed by atoms with Gasteiger partial charge in [-0.05, 0) is 42.9 Å². The second-order valence-corrected chi connectivity index (χ2v) is 9.61. The van der Waals surface area contributed by atoms with Crippen molar-refractivity contribution in [3.05, 3.63) is 62.6 Å². The standard InChI is InChI=1S/C17H13Cl6N3OS/c1-8-4-2-3-5-10(8)14(27)25-15(17(21,22)23)26-16(28)24-12-7-9(18)6-11(19)13(12)20/h2-7,15H,1H3,(H,25,27)(H2,24,26,28). The first-order chi connectivity index (χ1) is 13.0. The van der Waals surface area contributed by atoms with E-state index < -0.39 is 15.9 Å². The van der Waals surface area contributed by atoms with Crippen molar-refractivity contribution in [1.82, 2.24) is 10.6 Å². The number of aryl methyl sites for hydroxylation is 1. The lowest BCUT2D eigenvalue weighted by atomic mass is 10.1. The average molecular weight is 520 g/mol. The lowest BCUT2D eigenvalue weighted by molar-refractivity contribution is 0.0934. The molecule has 1 atom stereocenters. The van der Waals surface area contributed by atoms with Crippen molar-refractivity contribution in [3.63, 3.8) is 0 Å². The van der Waals surface area contributed by atoms with Crippen LogP contribution in [0, 0.1) is 6.92 Å². The van der Waals surface area contributed by atoms with Crippen molar-refractivity contribution >= 4 is 98.5 Å². The first-order valence-electron chi connectivity index (χ1n) is 7.64. The minimum absolute atomic E-state index is 0.0293. The largest absolute Gasteiger partial charge is 0.339 e. The van der Waals surface area contributed by atoms with Crippen LogP contribution in [0.2, 0.25) is 15.1 Å². The van der Waals surface area contributed by atoms with Crippen LogP contribution >= 0.6 is 81.8 Å². The Labute approximate surface area is 197 Å². The molecule has 2 aromatic rings. The van der Waals surface area contributed by atoms with E-state index in [1.165, 1.54) is 12.1 Å². The van der Waals surface area contributed by atoms with E-state index in [9.17, 15) is 4.79 Å². The van der Waals surface area contributed by atoms with Crippen LogP contribution in [0.3, 0.4) is 0 Å². The Morgan fingerprint density at radius 3 is 2.32 bits per heavy atom. The van der Waals surface area contributed by atoms with Crippen molar-refractivity contribution in [2.45, 2.75) is 16.9 Å². The van der Waals surface area contributed by atoms with Crippen LogP contribution in [0.25, 0.3) is 0 Å². The molecule has 0 aliphatic rings. The highest BCUT2D eigenvalue weighted by molar-refractivity contribution is 7.80. The van der Waals surface area contributed by atoms with Crippen LogP contribution in [0.15, 0.2) is 36.4 Å². The minimum Gasteiger partial charge on any atom is -0.339 e. The van der Waals surface area contributed by atoms with Crippen molar-refractivity contribution < 1.29 is 4.79 Å². The van der Waals surface area contributed by atoms with Crippen LogP contribution in [0.1, 0.15) is 15.9 Å². The summed E-state index contributed by atoms with van der Waals surface area (Å²) >= 11 is 41.3. The average Bonchev–Trinajstić information content (AvgIpc) is 2.58. The topological polar surface area (TPSA) is 53.2 Å². The number of halogens is 6. The van der Waals surface area contributed by atoms with E-state index in [1.54, 1.807) is 25.1 Å². The Morgan fingerprint density at radius 1 is 1.07 bits per heavy atom. The molecule has 3 N–H and O–H groups in total. The summed E-state index contributed by atoms with van der Waals surface area (Å²) in [6.45, 7) is 1.80. The zero-order valence-corrected chi connectivity index (χ0v) is 19.5. The number of rotatable bonds is 4. The summed E-state index contributed by atoms with van der Waals surface area (Å²) in [7, 11) is 0. The molecular formula is C17H13Cl6N3OS. The van der Waals surface area contributed by atoms with Gasteiger partial charge in [0.05, 0.1) is 15.7 Å². The molecule has 0 bridgehead atoms. The van der Waals surface area contributed by atoms with Crippen LogP contribution < -0.4 is 16.0 Å². The van der Waals surface area contributed by atoms with E-state index in [-0.39, 0.29) is 15.2 Å². The summed E-state index contributed by atoms with van der Waals surface area (Å²) in [6.07, 6.45) is -1.14. The Balaban J connectivity index is 2.15. The summed E-state index contributed by atoms with van der Waals surface area (Å²) in [5, 5.41) is 9.00. The van der Waals surface area contributed by atoms with Crippen LogP contribution in [-0.4, -0.2) is 21.0 Å². The maximum absolute atomic E-state index is 12.6. The number of carbonyl (C=O) groups is 1. The molecule has 0 aliphatic heterocycles. The lowest BCUT2D eigenvalue weighted by Crippen LogP contribution is -2.56. The molecule has 0 heterocycles. The molecule has 2 aromatic carbocycles. The maximum Gasteiger partial charge on any atom is 0.253 e. The predicted octanol–water partition coefficient (Wildman–Crippen LogP) is 6.37. The molecule has 150 valence electrons. The molecule has 0 radical (unpaired) electrons. The zero-order valence-electron chi connectivity index (χ0n) is 14.1. The van der Waals surface area contributed by atoms with Crippen molar-refractivity contribution in [2.24, 2.45) is 0 Å². The molecule has 2 rings (SSSR count). The molecule has 1 amide bonds. The molecule has 11 heteroatoms.